The molecule has 0 amide bonds. The lowest BCUT2D eigenvalue weighted by molar-refractivity contribution is 0.600. The molecular weight excluding hydrogens is 286 g/mol. The van der Waals surface area contributed by atoms with Gasteiger partial charge in [-0.1, -0.05) is 30.3 Å². The molecule has 0 saturated carbocycles. The fourth-order valence-corrected chi connectivity index (χ4v) is 2.98. The van der Waals surface area contributed by atoms with E-state index >= 15 is 0 Å². The average molecular weight is 301 g/mol. The number of sulfonamides is 1. The van der Waals surface area contributed by atoms with Crippen molar-refractivity contribution in [3.05, 3.63) is 59.7 Å². The van der Waals surface area contributed by atoms with Crippen molar-refractivity contribution < 1.29 is 8.42 Å². The molecule has 2 aromatic carbocycles. The predicted octanol–water partition coefficient (Wildman–Crippen LogP) is 2.12. The highest BCUT2D eigenvalue weighted by molar-refractivity contribution is 7.92. The van der Waals surface area contributed by atoms with Gasteiger partial charge in [-0.25, -0.2) is 8.42 Å². The number of anilines is 2. The Bertz CT molecular complexity index is 765. The molecule has 21 heavy (non-hydrogen) atoms. The summed E-state index contributed by atoms with van der Waals surface area (Å²) in [4.78, 5) is 0. The first kappa shape index (κ1) is 14.9. The van der Waals surface area contributed by atoms with Crippen LogP contribution in [0.3, 0.4) is 0 Å². The molecule has 0 saturated heterocycles. The monoisotopic (exact) mass is 301 g/mol. The normalized spacial score (nSPS) is 10.8. The van der Waals surface area contributed by atoms with Gasteiger partial charge in [0.2, 0.25) is 10.0 Å². The summed E-state index contributed by atoms with van der Waals surface area (Å²) < 4.78 is 26.6. The Kier molecular flexibility index (Phi) is 4.45. The van der Waals surface area contributed by atoms with Crippen LogP contribution in [0.25, 0.3) is 0 Å². The van der Waals surface area contributed by atoms with Crippen molar-refractivity contribution in [3.63, 3.8) is 0 Å². The molecule has 0 bridgehead atoms. The third-order valence-corrected chi connectivity index (χ3v) is 4.20. The molecule has 0 aliphatic carbocycles. The lowest BCUT2D eigenvalue weighted by Gasteiger charge is -2.10. The molecule has 0 unspecified atom stereocenters. The molecule has 0 aromatic heterocycles. The van der Waals surface area contributed by atoms with E-state index in [2.05, 4.69) is 4.72 Å². The zero-order chi connectivity index (χ0) is 15.3. The van der Waals surface area contributed by atoms with E-state index in [4.69, 9.17) is 11.0 Å². The maximum atomic E-state index is 12.1. The highest BCUT2D eigenvalue weighted by atomic mass is 32.2. The van der Waals surface area contributed by atoms with Crippen LogP contribution in [0.15, 0.2) is 48.5 Å². The van der Waals surface area contributed by atoms with E-state index in [1.165, 1.54) is 12.1 Å². The minimum atomic E-state index is -3.52. The molecule has 0 spiro atoms. The minimum absolute atomic E-state index is 0.0493. The van der Waals surface area contributed by atoms with Gasteiger partial charge in [-0.3, -0.25) is 4.72 Å². The molecule has 0 aliphatic heterocycles. The highest BCUT2D eigenvalue weighted by Gasteiger charge is 2.13. The smallest absolute Gasteiger partial charge is 0.233 e. The molecule has 2 aromatic rings. The number of hydrogen-bond donors (Lipinski definition) is 2. The van der Waals surface area contributed by atoms with Crippen LogP contribution in [0.4, 0.5) is 11.4 Å². The van der Waals surface area contributed by atoms with Crippen molar-refractivity contribution >= 4 is 21.4 Å². The third kappa shape index (κ3) is 4.23. The van der Waals surface area contributed by atoms with Crippen molar-refractivity contribution in [3.8, 4) is 6.07 Å². The Balaban J connectivity index is 2.10. The van der Waals surface area contributed by atoms with Crippen LogP contribution in [0.5, 0.6) is 0 Å². The van der Waals surface area contributed by atoms with Crippen LogP contribution < -0.4 is 10.5 Å². The van der Waals surface area contributed by atoms with E-state index < -0.39 is 10.0 Å². The summed E-state index contributed by atoms with van der Waals surface area (Å²) in [6.45, 7) is 0. The zero-order valence-electron chi connectivity index (χ0n) is 11.3. The number of nitriles is 1. The topological polar surface area (TPSA) is 96.0 Å². The SMILES string of the molecule is N#Cc1cc(N)ccc1NS(=O)(=O)CCc1ccccc1. The van der Waals surface area contributed by atoms with Gasteiger partial charge in [-0.15, -0.1) is 0 Å². The Morgan fingerprint density at radius 1 is 1.14 bits per heavy atom. The third-order valence-electron chi connectivity index (χ3n) is 2.93. The Hall–Kier alpha value is -2.52. The van der Waals surface area contributed by atoms with Crippen LogP contribution in [0.2, 0.25) is 0 Å². The summed E-state index contributed by atoms with van der Waals surface area (Å²) in [6, 6.07) is 15.8. The van der Waals surface area contributed by atoms with E-state index in [0.717, 1.165) is 5.56 Å². The number of rotatable bonds is 5. The van der Waals surface area contributed by atoms with E-state index in [-0.39, 0.29) is 17.0 Å². The summed E-state index contributed by atoms with van der Waals surface area (Å²) in [5.74, 6) is -0.0493. The molecule has 0 atom stereocenters. The summed E-state index contributed by atoms with van der Waals surface area (Å²) in [7, 11) is -3.52. The number of nitrogens with one attached hydrogen (secondary N) is 1. The maximum Gasteiger partial charge on any atom is 0.233 e. The predicted molar refractivity (Wildman–Crippen MR) is 83.1 cm³/mol. The number of benzene rings is 2. The van der Waals surface area contributed by atoms with Crippen molar-refractivity contribution in [2.75, 3.05) is 16.2 Å². The molecular formula is C15H15N3O2S. The van der Waals surface area contributed by atoms with E-state index in [1.807, 2.05) is 36.4 Å². The van der Waals surface area contributed by atoms with Crippen LogP contribution in [0.1, 0.15) is 11.1 Å². The quantitative estimate of drug-likeness (QED) is 0.827. The summed E-state index contributed by atoms with van der Waals surface area (Å²) >= 11 is 0. The van der Waals surface area contributed by atoms with Crippen molar-refractivity contribution in [2.24, 2.45) is 0 Å². The van der Waals surface area contributed by atoms with Gasteiger partial charge in [-0.2, -0.15) is 5.26 Å². The van der Waals surface area contributed by atoms with Gasteiger partial charge < -0.3 is 5.73 Å². The Morgan fingerprint density at radius 2 is 1.86 bits per heavy atom. The van der Waals surface area contributed by atoms with Crippen LogP contribution in [0, 0.1) is 11.3 Å². The van der Waals surface area contributed by atoms with Gasteiger partial charge in [-0.05, 0) is 30.2 Å². The first-order valence-corrected chi connectivity index (χ1v) is 7.99. The largest absolute Gasteiger partial charge is 0.399 e. The summed E-state index contributed by atoms with van der Waals surface area (Å²) in [5, 5.41) is 9.01. The molecule has 5 nitrogen and oxygen atoms in total. The molecule has 0 heterocycles. The number of aryl methyl sites for hydroxylation is 1. The van der Waals surface area contributed by atoms with Crippen molar-refractivity contribution in [1.82, 2.24) is 0 Å². The number of nitrogen functional groups attached to an aromatic ring is 1. The van der Waals surface area contributed by atoms with Crippen LogP contribution >= 0.6 is 0 Å². The van der Waals surface area contributed by atoms with Gasteiger partial charge in [0.1, 0.15) is 6.07 Å². The molecule has 108 valence electrons. The standard InChI is InChI=1S/C15H15N3O2S/c16-11-13-10-14(17)6-7-15(13)18-21(19,20)9-8-12-4-2-1-3-5-12/h1-7,10,18H,8-9,17H2. The van der Waals surface area contributed by atoms with Gasteiger partial charge in [0.15, 0.2) is 0 Å². The molecule has 3 N–H and O–H groups in total. The highest BCUT2D eigenvalue weighted by Crippen LogP contribution is 2.19. The van der Waals surface area contributed by atoms with E-state index in [0.29, 0.717) is 12.1 Å². The molecule has 2 rings (SSSR count). The minimum Gasteiger partial charge on any atom is -0.399 e. The molecule has 0 fully saturated rings. The second-order valence-corrected chi connectivity index (χ2v) is 6.42. The number of nitrogens with two attached hydrogens (primary N) is 1. The van der Waals surface area contributed by atoms with Gasteiger partial charge >= 0.3 is 0 Å². The number of hydrogen-bond acceptors (Lipinski definition) is 4. The zero-order valence-corrected chi connectivity index (χ0v) is 12.1. The van der Waals surface area contributed by atoms with Gasteiger partial charge in [0.05, 0.1) is 17.0 Å². The molecule has 0 aliphatic rings. The van der Waals surface area contributed by atoms with E-state index in [9.17, 15) is 8.42 Å². The second kappa shape index (κ2) is 6.29. The van der Waals surface area contributed by atoms with Gasteiger partial charge in [0.25, 0.3) is 0 Å². The fraction of sp³-hybridized carbons (Fsp3) is 0.133. The summed E-state index contributed by atoms with van der Waals surface area (Å²) in [6.07, 6.45) is 0.410. The Labute approximate surface area is 124 Å². The first-order valence-electron chi connectivity index (χ1n) is 6.34. The second-order valence-electron chi connectivity index (χ2n) is 4.57. The lowest BCUT2D eigenvalue weighted by atomic mass is 10.2. The van der Waals surface area contributed by atoms with Gasteiger partial charge in [0, 0.05) is 5.69 Å². The number of nitrogens with zero attached hydrogens (tertiary/aromatic N) is 1. The molecule has 0 radical (unpaired) electrons. The summed E-state index contributed by atoms with van der Waals surface area (Å²) in [5.41, 5.74) is 7.39. The van der Waals surface area contributed by atoms with E-state index in [1.54, 1.807) is 6.07 Å². The fourth-order valence-electron chi connectivity index (χ4n) is 1.86. The lowest BCUT2D eigenvalue weighted by Crippen LogP contribution is -2.19. The maximum absolute atomic E-state index is 12.1. The first-order chi connectivity index (χ1) is 10.00. The van der Waals surface area contributed by atoms with Crippen molar-refractivity contribution in [2.45, 2.75) is 6.42 Å². The van der Waals surface area contributed by atoms with Crippen LogP contribution in [-0.4, -0.2) is 14.2 Å². The Morgan fingerprint density at radius 3 is 2.52 bits per heavy atom. The van der Waals surface area contributed by atoms with Crippen molar-refractivity contribution in [1.29, 1.82) is 5.26 Å². The average Bonchev–Trinajstić information content (AvgIpc) is 2.48. The van der Waals surface area contributed by atoms with Crippen LogP contribution in [-0.2, 0) is 16.4 Å². The molecule has 6 heteroatoms.